The van der Waals surface area contributed by atoms with Gasteiger partial charge in [0.2, 0.25) is 5.91 Å². The Balaban J connectivity index is 2.06. The first-order valence-electron chi connectivity index (χ1n) is 7.08. The molecular formula is C15H23N3O. The summed E-state index contributed by atoms with van der Waals surface area (Å²) in [5, 5.41) is 0. The normalized spacial score (nSPS) is 17.8. The van der Waals surface area contributed by atoms with Gasteiger partial charge in [-0.3, -0.25) is 9.78 Å². The molecule has 2 unspecified atom stereocenters. The SMILES string of the molecule is CCC(C)C(N)C(=O)N(Cc1cccnc1)C1CC1. The van der Waals surface area contributed by atoms with E-state index in [1.807, 2.05) is 30.2 Å². The van der Waals surface area contributed by atoms with Crippen LogP contribution in [0.5, 0.6) is 0 Å². The largest absolute Gasteiger partial charge is 0.334 e. The zero-order valence-electron chi connectivity index (χ0n) is 11.7. The van der Waals surface area contributed by atoms with E-state index in [1.54, 1.807) is 6.20 Å². The summed E-state index contributed by atoms with van der Waals surface area (Å²) in [6.45, 7) is 4.74. The Kier molecular flexibility index (Phi) is 4.53. The maximum atomic E-state index is 12.5. The molecule has 1 fully saturated rings. The number of amides is 1. The van der Waals surface area contributed by atoms with Gasteiger partial charge in [0.25, 0.3) is 0 Å². The van der Waals surface area contributed by atoms with Crippen LogP contribution >= 0.6 is 0 Å². The van der Waals surface area contributed by atoms with Gasteiger partial charge < -0.3 is 10.6 Å². The van der Waals surface area contributed by atoms with Gasteiger partial charge in [0, 0.05) is 25.0 Å². The second-order valence-corrected chi connectivity index (χ2v) is 5.47. The van der Waals surface area contributed by atoms with E-state index in [0.29, 0.717) is 12.6 Å². The van der Waals surface area contributed by atoms with Crippen LogP contribution in [0.1, 0.15) is 38.7 Å². The molecule has 19 heavy (non-hydrogen) atoms. The fourth-order valence-electron chi connectivity index (χ4n) is 2.15. The first-order valence-corrected chi connectivity index (χ1v) is 7.08. The molecule has 1 saturated carbocycles. The topological polar surface area (TPSA) is 59.2 Å². The van der Waals surface area contributed by atoms with Gasteiger partial charge in [-0.15, -0.1) is 0 Å². The maximum Gasteiger partial charge on any atom is 0.240 e. The van der Waals surface area contributed by atoms with Crippen molar-refractivity contribution in [3.05, 3.63) is 30.1 Å². The van der Waals surface area contributed by atoms with E-state index in [-0.39, 0.29) is 17.9 Å². The number of aromatic nitrogens is 1. The van der Waals surface area contributed by atoms with Gasteiger partial charge >= 0.3 is 0 Å². The highest BCUT2D eigenvalue weighted by Gasteiger charge is 2.35. The standard InChI is InChI=1S/C15H23N3O/c1-3-11(2)14(16)15(19)18(13-6-7-13)10-12-5-4-8-17-9-12/h4-5,8-9,11,13-14H,3,6-7,10,16H2,1-2H3. The van der Waals surface area contributed by atoms with Gasteiger partial charge in [0.05, 0.1) is 6.04 Å². The molecule has 1 aromatic heterocycles. The number of nitrogens with two attached hydrogens (primary N) is 1. The van der Waals surface area contributed by atoms with Crippen molar-refractivity contribution in [2.75, 3.05) is 0 Å². The van der Waals surface area contributed by atoms with E-state index < -0.39 is 0 Å². The first-order chi connectivity index (χ1) is 9.13. The smallest absolute Gasteiger partial charge is 0.240 e. The Morgan fingerprint density at radius 2 is 2.32 bits per heavy atom. The summed E-state index contributed by atoms with van der Waals surface area (Å²) in [6.07, 6.45) is 6.69. The van der Waals surface area contributed by atoms with Crippen molar-refractivity contribution in [3.63, 3.8) is 0 Å². The Morgan fingerprint density at radius 3 is 2.84 bits per heavy atom. The third kappa shape index (κ3) is 3.53. The predicted octanol–water partition coefficient (Wildman–Crippen LogP) is 1.95. The van der Waals surface area contributed by atoms with Crippen LogP contribution in [0.2, 0.25) is 0 Å². The van der Waals surface area contributed by atoms with E-state index in [4.69, 9.17) is 5.73 Å². The van der Waals surface area contributed by atoms with Crippen LogP contribution < -0.4 is 5.73 Å². The molecule has 2 rings (SSSR count). The Bertz CT molecular complexity index is 417. The third-order valence-electron chi connectivity index (χ3n) is 3.89. The van der Waals surface area contributed by atoms with E-state index >= 15 is 0 Å². The molecule has 4 heteroatoms. The van der Waals surface area contributed by atoms with Gasteiger partial charge in [-0.2, -0.15) is 0 Å². The highest BCUT2D eigenvalue weighted by molar-refractivity contribution is 5.82. The molecule has 1 aromatic rings. The molecule has 1 aliphatic rings. The quantitative estimate of drug-likeness (QED) is 0.851. The van der Waals surface area contributed by atoms with Crippen LogP contribution in [0.3, 0.4) is 0 Å². The molecular weight excluding hydrogens is 238 g/mol. The second-order valence-electron chi connectivity index (χ2n) is 5.47. The van der Waals surface area contributed by atoms with Gasteiger partial charge in [0.15, 0.2) is 0 Å². The molecule has 1 heterocycles. The zero-order chi connectivity index (χ0) is 13.8. The molecule has 104 valence electrons. The summed E-state index contributed by atoms with van der Waals surface area (Å²) in [7, 11) is 0. The highest BCUT2D eigenvalue weighted by atomic mass is 16.2. The van der Waals surface area contributed by atoms with Crippen LogP contribution in [0.15, 0.2) is 24.5 Å². The van der Waals surface area contributed by atoms with Crippen molar-refractivity contribution in [2.45, 2.75) is 51.7 Å². The minimum atomic E-state index is -0.387. The van der Waals surface area contributed by atoms with E-state index in [1.165, 1.54) is 0 Å². The van der Waals surface area contributed by atoms with Crippen molar-refractivity contribution in [1.82, 2.24) is 9.88 Å². The zero-order valence-corrected chi connectivity index (χ0v) is 11.7. The molecule has 2 atom stereocenters. The summed E-state index contributed by atoms with van der Waals surface area (Å²) in [5.74, 6) is 0.309. The summed E-state index contributed by atoms with van der Waals surface area (Å²) in [6, 6.07) is 3.90. The number of carbonyl (C=O) groups is 1. The minimum Gasteiger partial charge on any atom is -0.334 e. The van der Waals surface area contributed by atoms with Crippen molar-refractivity contribution < 1.29 is 4.79 Å². The number of hydrogen-bond acceptors (Lipinski definition) is 3. The number of nitrogens with zero attached hydrogens (tertiary/aromatic N) is 2. The third-order valence-corrected chi connectivity index (χ3v) is 3.89. The summed E-state index contributed by atoms with van der Waals surface area (Å²) >= 11 is 0. The van der Waals surface area contributed by atoms with E-state index in [9.17, 15) is 4.79 Å². The van der Waals surface area contributed by atoms with Crippen molar-refractivity contribution >= 4 is 5.91 Å². The number of rotatable bonds is 6. The Labute approximate surface area is 115 Å². The average Bonchev–Trinajstić information content (AvgIpc) is 3.28. The summed E-state index contributed by atoms with van der Waals surface area (Å²) < 4.78 is 0. The van der Waals surface area contributed by atoms with Crippen LogP contribution in [0.25, 0.3) is 0 Å². The molecule has 0 saturated heterocycles. The summed E-state index contributed by atoms with van der Waals surface area (Å²) in [5.41, 5.74) is 7.15. The molecule has 0 spiro atoms. The van der Waals surface area contributed by atoms with Gasteiger partial charge in [-0.1, -0.05) is 26.3 Å². The molecule has 0 radical (unpaired) electrons. The number of carbonyl (C=O) groups excluding carboxylic acids is 1. The highest BCUT2D eigenvalue weighted by Crippen LogP contribution is 2.29. The second kappa shape index (κ2) is 6.15. The molecule has 4 nitrogen and oxygen atoms in total. The fraction of sp³-hybridized carbons (Fsp3) is 0.600. The molecule has 0 aromatic carbocycles. The van der Waals surface area contributed by atoms with Gasteiger partial charge in [-0.25, -0.2) is 0 Å². The van der Waals surface area contributed by atoms with Gasteiger partial charge in [-0.05, 0) is 30.4 Å². The Morgan fingerprint density at radius 1 is 1.58 bits per heavy atom. The van der Waals surface area contributed by atoms with E-state index in [2.05, 4.69) is 11.9 Å². The molecule has 0 aliphatic heterocycles. The minimum absolute atomic E-state index is 0.0840. The number of pyridine rings is 1. The summed E-state index contributed by atoms with van der Waals surface area (Å²) in [4.78, 5) is 18.6. The molecule has 1 amide bonds. The fourth-order valence-corrected chi connectivity index (χ4v) is 2.15. The van der Waals surface area contributed by atoms with Crippen LogP contribution in [-0.4, -0.2) is 27.9 Å². The van der Waals surface area contributed by atoms with Crippen LogP contribution in [-0.2, 0) is 11.3 Å². The maximum absolute atomic E-state index is 12.5. The van der Waals surface area contributed by atoms with Crippen LogP contribution in [0, 0.1) is 5.92 Å². The molecule has 0 bridgehead atoms. The molecule has 1 aliphatic carbocycles. The average molecular weight is 261 g/mol. The lowest BCUT2D eigenvalue weighted by Crippen LogP contribution is -2.47. The number of hydrogen-bond donors (Lipinski definition) is 1. The monoisotopic (exact) mass is 261 g/mol. The lowest BCUT2D eigenvalue weighted by Gasteiger charge is -2.28. The predicted molar refractivity (Wildman–Crippen MR) is 75.2 cm³/mol. The van der Waals surface area contributed by atoms with E-state index in [0.717, 1.165) is 24.8 Å². The first kappa shape index (κ1) is 14.0. The Hall–Kier alpha value is -1.42. The van der Waals surface area contributed by atoms with Crippen molar-refractivity contribution in [1.29, 1.82) is 0 Å². The van der Waals surface area contributed by atoms with Crippen molar-refractivity contribution in [2.24, 2.45) is 11.7 Å². The van der Waals surface area contributed by atoms with Crippen molar-refractivity contribution in [3.8, 4) is 0 Å². The lowest BCUT2D eigenvalue weighted by molar-refractivity contribution is -0.135. The lowest BCUT2D eigenvalue weighted by atomic mass is 9.98. The molecule has 2 N–H and O–H groups in total. The van der Waals surface area contributed by atoms with Gasteiger partial charge in [0.1, 0.15) is 0 Å². The van der Waals surface area contributed by atoms with Crippen LogP contribution in [0.4, 0.5) is 0 Å².